The van der Waals surface area contributed by atoms with Crippen LogP contribution in [0.15, 0.2) is 29.7 Å². The van der Waals surface area contributed by atoms with Gasteiger partial charge in [-0.15, -0.1) is 0 Å². The van der Waals surface area contributed by atoms with E-state index < -0.39 is 11.7 Å². The Morgan fingerprint density at radius 2 is 1.86 bits per heavy atom. The zero-order valence-corrected chi connectivity index (χ0v) is 16.1. The third-order valence-corrected chi connectivity index (χ3v) is 4.94. The Morgan fingerprint density at radius 1 is 1.18 bits per heavy atom. The van der Waals surface area contributed by atoms with Crippen molar-refractivity contribution in [3.63, 3.8) is 0 Å². The molecule has 0 atom stereocenters. The fourth-order valence-corrected chi connectivity index (χ4v) is 3.42. The largest absolute Gasteiger partial charge is 0.375 e. The molecule has 2 aliphatic rings. The van der Waals surface area contributed by atoms with E-state index >= 15 is 0 Å². The fourth-order valence-electron chi connectivity index (χ4n) is 3.42. The molecule has 3 rings (SSSR count). The van der Waals surface area contributed by atoms with Crippen LogP contribution in [0.5, 0.6) is 0 Å². The molecule has 0 spiro atoms. The second kappa shape index (κ2) is 7.89. The van der Waals surface area contributed by atoms with Crippen LogP contribution in [0.1, 0.15) is 27.8 Å². The van der Waals surface area contributed by atoms with Crippen LogP contribution in [0, 0.1) is 0 Å². The molecule has 0 aromatic carbocycles. The zero-order valence-electron chi connectivity index (χ0n) is 16.1. The standard InChI is InChI=1S/C19H22N4O5/c1-12(24)22-7-9-23(10-8-22)17-16(21(2)14(25)11-28-3)19(27)15-13(18(17)26)5-4-6-20-15/h4-6H,7-11H2,1-3H3. The first kappa shape index (κ1) is 19.7. The second-order valence-corrected chi connectivity index (χ2v) is 6.63. The molecule has 0 unspecified atom stereocenters. The van der Waals surface area contributed by atoms with Crippen LogP contribution >= 0.6 is 0 Å². The molecule has 2 amide bonds. The Kier molecular flexibility index (Phi) is 5.55. The van der Waals surface area contributed by atoms with Gasteiger partial charge in [-0.1, -0.05) is 0 Å². The number of fused-ring (bicyclic) bond motifs is 1. The van der Waals surface area contributed by atoms with Gasteiger partial charge in [0.15, 0.2) is 0 Å². The van der Waals surface area contributed by atoms with Crippen molar-refractivity contribution in [3.05, 3.63) is 41.0 Å². The Hall–Kier alpha value is -3.07. The number of ether oxygens (including phenoxy) is 1. The molecule has 0 bridgehead atoms. The minimum absolute atomic E-state index is 0.00507. The summed E-state index contributed by atoms with van der Waals surface area (Å²) in [5.74, 6) is -1.32. The number of piperazine rings is 1. The molecule has 1 aliphatic carbocycles. The van der Waals surface area contributed by atoms with E-state index in [4.69, 9.17) is 4.74 Å². The molecule has 0 radical (unpaired) electrons. The van der Waals surface area contributed by atoms with Crippen LogP contribution in [-0.2, 0) is 14.3 Å². The first-order valence-corrected chi connectivity index (χ1v) is 8.91. The van der Waals surface area contributed by atoms with Gasteiger partial charge in [0, 0.05) is 53.5 Å². The lowest BCUT2D eigenvalue weighted by Gasteiger charge is -2.39. The minimum Gasteiger partial charge on any atom is -0.375 e. The maximum absolute atomic E-state index is 13.2. The molecule has 9 nitrogen and oxygen atoms in total. The summed E-state index contributed by atoms with van der Waals surface area (Å²) in [6.45, 7) is 2.92. The van der Waals surface area contributed by atoms with E-state index in [0.717, 1.165) is 4.90 Å². The molecule has 1 fully saturated rings. The van der Waals surface area contributed by atoms with E-state index in [1.807, 2.05) is 0 Å². The van der Waals surface area contributed by atoms with Gasteiger partial charge in [0.25, 0.3) is 5.91 Å². The molecule has 1 aliphatic heterocycles. The molecular weight excluding hydrogens is 364 g/mol. The molecule has 0 saturated carbocycles. The minimum atomic E-state index is -0.480. The number of likely N-dealkylation sites (N-methyl/N-ethyl adjacent to an activating group) is 1. The van der Waals surface area contributed by atoms with E-state index in [1.165, 1.54) is 27.3 Å². The van der Waals surface area contributed by atoms with Crippen LogP contribution in [0.2, 0.25) is 0 Å². The van der Waals surface area contributed by atoms with Crippen molar-refractivity contribution in [3.8, 4) is 0 Å². The summed E-state index contributed by atoms with van der Waals surface area (Å²) < 4.78 is 4.88. The van der Waals surface area contributed by atoms with E-state index in [2.05, 4.69) is 4.98 Å². The monoisotopic (exact) mass is 386 g/mol. The number of amides is 2. The number of carbonyl (C=O) groups excluding carboxylic acids is 4. The summed E-state index contributed by atoms with van der Waals surface area (Å²) in [4.78, 5) is 59.0. The van der Waals surface area contributed by atoms with Crippen molar-refractivity contribution in [1.82, 2.24) is 19.7 Å². The van der Waals surface area contributed by atoms with Gasteiger partial charge >= 0.3 is 0 Å². The van der Waals surface area contributed by atoms with E-state index in [9.17, 15) is 19.2 Å². The molecule has 148 valence electrons. The highest BCUT2D eigenvalue weighted by atomic mass is 16.5. The SMILES string of the molecule is COCC(=O)N(C)C1=C(N2CCN(C(C)=O)CC2)C(=O)c2cccnc2C1=O. The van der Waals surface area contributed by atoms with Crippen LogP contribution < -0.4 is 0 Å². The lowest BCUT2D eigenvalue weighted by molar-refractivity contribution is -0.132. The smallest absolute Gasteiger partial charge is 0.252 e. The molecular formula is C19H22N4O5. The van der Waals surface area contributed by atoms with Crippen LogP contribution in [-0.4, -0.2) is 90.0 Å². The molecule has 28 heavy (non-hydrogen) atoms. The number of hydrogen-bond donors (Lipinski definition) is 0. The predicted octanol–water partition coefficient (Wildman–Crippen LogP) is -0.0589. The number of ketones is 2. The number of methoxy groups -OCH3 is 1. The third-order valence-electron chi connectivity index (χ3n) is 4.94. The van der Waals surface area contributed by atoms with Crippen molar-refractivity contribution in [2.45, 2.75) is 6.92 Å². The number of pyridine rings is 1. The van der Waals surface area contributed by atoms with Crippen molar-refractivity contribution in [1.29, 1.82) is 0 Å². The maximum Gasteiger partial charge on any atom is 0.252 e. The van der Waals surface area contributed by atoms with Crippen molar-refractivity contribution < 1.29 is 23.9 Å². The van der Waals surface area contributed by atoms with E-state index in [0.29, 0.717) is 26.2 Å². The van der Waals surface area contributed by atoms with E-state index in [1.54, 1.807) is 21.9 Å². The predicted molar refractivity (Wildman–Crippen MR) is 98.4 cm³/mol. The third kappa shape index (κ3) is 3.40. The van der Waals surface area contributed by atoms with Gasteiger partial charge in [-0.2, -0.15) is 0 Å². The maximum atomic E-state index is 13.2. The number of nitrogens with zero attached hydrogens (tertiary/aromatic N) is 4. The lowest BCUT2D eigenvalue weighted by Crippen LogP contribution is -2.51. The van der Waals surface area contributed by atoms with Gasteiger partial charge in [0.05, 0.1) is 5.56 Å². The zero-order chi connectivity index (χ0) is 20.4. The molecule has 1 aromatic heterocycles. The summed E-state index contributed by atoms with van der Waals surface area (Å²) in [7, 11) is 2.83. The quantitative estimate of drug-likeness (QED) is 0.715. The Morgan fingerprint density at radius 3 is 2.46 bits per heavy atom. The average molecular weight is 386 g/mol. The lowest BCUT2D eigenvalue weighted by atomic mass is 9.92. The van der Waals surface area contributed by atoms with Gasteiger partial charge in [-0.3, -0.25) is 24.2 Å². The highest BCUT2D eigenvalue weighted by Gasteiger charge is 2.40. The van der Waals surface area contributed by atoms with Gasteiger partial charge in [0.2, 0.25) is 17.5 Å². The van der Waals surface area contributed by atoms with Gasteiger partial charge in [-0.05, 0) is 12.1 Å². The first-order valence-electron chi connectivity index (χ1n) is 8.91. The van der Waals surface area contributed by atoms with Gasteiger partial charge < -0.3 is 19.4 Å². The first-order chi connectivity index (χ1) is 13.4. The molecule has 1 aromatic rings. The summed E-state index contributed by atoms with van der Waals surface area (Å²) in [6.07, 6.45) is 1.44. The molecule has 9 heteroatoms. The normalized spacial score (nSPS) is 17.0. The molecule has 0 N–H and O–H groups in total. The highest BCUT2D eigenvalue weighted by molar-refractivity contribution is 6.26. The summed E-state index contributed by atoms with van der Waals surface area (Å²) in [5, 5.41) is 0. The summed E-state index contributed by atoms with van der Waals surface area (Å²) >= 11 is 0. The Bertz CT molecular complexity index is 871. The highest BCUT2D eigenvalue weighted by Crippen LogP contribution is 2.29. The van der Waals surface area contributed by atoms with Crippen LogP contribution in [0.3, 0.4) is 0 Å². The average Bonchev–Trinajstić information content (AvgIpc) is 2.70. The van der Waals surface area contributed by atoms with Crippen LogP contribution in [0.4, 0.5) is 0 Å². The summed E-state index contributed by atoms with van der Waals surface area (Å²) in [6, 6.07) is 3.16. The van der Waals surface area contributed by atoms with Crippen LogP contribution in [0.25, 0.3) is 0 Å². The van der Waals surface area contributed by atoms with E-state index in [-0.39, 0.29) is 40.9 Å². The number of rotatable bonds is 4. The number of aromatic nitrogens is 1. The number of hydrogen-bond acceptors (Lipinski definition) is 7. The van der Waals surface area contributed by atoms with Crippen molar-refractivity contribution in [2.75, 3.05) is 46.9 Å². The Labute approximate surface area is 162 Å². The van der Waals surface area contributed by atoms with Crippen molar-refractivity contribution >= 4 is 23.4 Å². The second-order valence-electron chi connectivity index (χ2n) is 6.63. The van der Waals surface area contributed by atoms with Gasteiger partial charge in [0.1, 0.15) is 23.7 Å². The fraction of sp³-hybridized carbons (Fsp3) is 0.421. The molecule has 1 saturated heterocycles. The number of allylic oxidation sites excluding steroid dienone is 2. The number of carbonyl (C=O) groups is 4. The summed E-state index contributed by atoms with van der Waals surface area (Å²) in [5.41, 5.74) is 0.411. The Balaban J connectivity index is 2.05. The number of Topliss-reactive ketones (excluding diaryl/α,β-unsaturated/α-hetero) is 2. The van der Waals surface area contributed by atoms with Gasteiger partial charge in [-0.25, -0.2) is 0 Å². The van der Waals surface area contributed by atoms with Crippen molar-refractivity contribution in [2.24, 2.45) is 0 Å². The topological polar surface area (TPSA) is 100 Å². The molecule has 2 heterocycles.